The van der Waals surface area contributed by atoms with Crippen molar-refractivity contribution in [2.24, 2.45) is 14.1 Å². The fraction of sp³-hybridized carbons (Fsp3) is 0.500. The number of fused-ring (bicyclic) bond motifs is 1. The third kappa shape index (κ3) is 3.81. The first-order chi connectivity index (χ1) is 16.3. The highest BCUT2D eigenvalue weighted by Gasteiger charge is 2.32. The number of benzene rings is 1. The van der Waals surface area contributed by atoms with Crippen molar-refractivity contribution in [2.45, 2.75) is 32.4 Å². The molecular formula is C24H30N6O4. The molecule has 34 heavy (non-hydrogen) atoms. The number of ether oxygens (including phenoxy) is 1. The SMILES string of the molecule is Cc1ccc(Cn2c(N3CCN(C(=O)C4CCCO4)CC3)nc3c2c(=O)n(C)c(=O)n3C)cc1. The molecule has 1 atom stereocenters. The van der Waals surface area contributed by atoms with Crippen LogP contribution in [0.1, 0.15) is 24.0 Å². The first kappa shape index (κ1) is 22.4. The summed E-state index contributed by atoms with van der Waals surface area (Å²) in [5, 5.41) is 0. The molecule has 3 aromatic rings. The van der Waals surface area contributed by atoms with Crippen LogP contribution in [-0.4, -0.2) is 68.4 Å². The predicted molar refractivity (Wildman–Crippen MR) is 128 cm³/mol. The van der Waals surface area contributed by atoms with Crippen LogP contribution in [0.25, 0.3) is 11.2 Å². The summed E-state index contributed by atoms with van der Waals surface area (Å²) in [6.45, 7) is 5.42. The molecule has 0 bridgehead atoms. The zero-order valence-corrected chi connectivity index (χ0v) is 19.9. The summed E-state index contributed by atoms with van der Waals surface area (Å²) in [4.78, 5) is 47.2. The number of carbonyl (C=O) groups excluding carboxylic acids is 1. The van der Waals surface area contributed by atoms with E-state index in [1.807, 2.05) is 40.7 Å². The molecule has 2 saturated heterocycles. The molecule has 2 aliphatic rings. The van der Waals surface area contributed by atoms with Crippen molar-refractivity contribution in [3.05, 3.63) is 56.2 Å². The second-order valence-corrected chi connectivity index (χ2v) is 9.18. The minimum atomic E-state index is -0.406. The van der Waals surface area contributed by atoms with E-state index in [2.05, 4.69) is 4.90 Å². The molecule has 4 heterocycles. The highest BCUT2D eigenvalue weighted by atomic mass is 16.5. The highest BCUT2D eigenvalue weighted by molar-refractivity contribution is 5.81. The van der Waals surface area contributed by atoms with Crippen LogP contribution in [-0.2, 0) is 30.2 Å². The first-order valence-electron chi connectivity index (χ1n) is 11.7. The normalized spacial score (nSPS) is 18.7. The Labute approximate surface area is 197 Å². The maximum Gasteiger partial charge on any atom is 0.332 e. The number of hydrogen-bond acceptors (Lipinski definition) is 6. The number of anilines is 1. The van der Waals surface area contributed by atoms with Crippen LogP contribution in [0.15, 0.2) is 33.9 Å². The van der Waals surface area contributed by atoms with Gasteiger partial charge in [0.25, 0.3) is 11.5 Å². The molecular weight excluding hydrogens is 436 g/mol. The zero-order valence-electron chi connectivity index (χ0n) is 19.9. The number of amides is 1. The summed E-state index contributed by atoms with van der Waals surface area (Å²) in [5.41, 5.74) is 2.19. The number of imidazole rings is 1. The van der Waals surface area contributed by atoms with Gasteiger partial charge in [-0.3, -0.25) is 23.3 Å². The summed E-state index contributed by atoms with van der Waals surface area (Å²) in [7, 11) is 3.12. The van der Waals surface area contributed by atoms with Crippen LogP contribution in [0, 0.1) is 6.92 Å². The molecule has 10 nitrogen and oxygen atoms in total. The Morgan fingerprint density at radius 3 is 2.41 bits per heavy atom. The topological polar surface area (TPSA) is 94.6 Å². The van der Waals surface area contributed by atoms with E-state index in [1.54, 1.807) is 7.05 Å². The summed E-state index contributed by atoms with van der Waals surface area (Å²) < 4.78 is 10.0. The van der Waals surface area contributed by atoms with Gasteiger partial charge in [0.15, 0.2) is 11.2 Å². The van der Waals surface area contributed by atoms with Crippen molar-refractivity contribution in [1.29, 1.82) is 0 Å². The zero-order chi connectivity index (χ0) is 24.0. The smallest absolute Gasteiger partial charge is 0.332 e. The van der Waals surface area contributed by atoms with E-state index in [9.17, 15) is 14.4 Å². The molecule has 1 aromatic carbocycles. The number of hydrogen-bond donors (Lipinski definition) is 0. The minimum absolute atomic E-state index is 0.0570. The fourth-order valence-electron chi connectivity index (χ4n) is 4.81. The molecule has 0 spiro atoms. The number of aryl methyl sites for hydroxylation is 2. The van der Waals surface area contributed by atoms with Gasteiger partial charge < -0.3 is 14.5 Å². The number of piperazine rings is 1. The van der Waals surface area contributed by atoms with E-state index in [0.29, 0.717) is 56.4 Å². The maximum atomic E-state index is 13.2. The number of rotatable bonds is 4. The van der Waals surface area contributed by atoms with Gasteiger partial charge in [-0.2, -0.15) is 4.98 Å². The van der Waals surface area contributed by atoms with Crippen LogP contribution < -0.4 is 16.1 Å². The summed E-state index contributed by atoms with van der Waals surface area (Å²) in [6, 6.07) is 8.15. The molecule has 2 aromatic heterocycles. The lowest BCUT2D eigenvalue weighted by molar-refractivity contribution is -0.141. The Kier molecular flexibility index (Phi) is 5.76. The van der Waals surface area contributed by atoms with E-state index >= 15 is 0 Å². The fourth-order valence-corrected chi connectivity index (χ4v) is 4.81. The summed E-state index contributed by atoms with van der Waals surface area (Å²) in [6.07, 6.45) is 1.38. The van der Waals surface area contributed by atoms with Crippen molar-refractivity contribution in [2.75, 3.05) is 37.7 Å². The van der Waals surface area contributed by atoms with Crippen LogP contribution in [0.2, 0.25) is 0 Å². The van der Waals surface area contributed by atoms with Gasteiger partial charge in [-0.05, 0) is 25.3 Å². The number of carbonyl (C=O) groups is 1. The molecule has 180 valence electrons. The van der Waals surface area contributed by atoms with Crippen molar-refractivity contribution < 1.29 is 9.53 Å². The Morgan fingerprint density at radius 2 is 1.76 bits per heavy atom. The van der Waals surface area contributed by atoms with E-state index in [4.69, 9.17) is 9.72 Å². The van der Waals surface area contributed by atoms with E-state index in [-0.39, 0.29) is 17.6 Å². The lowest BCUT2D eigenvalue weighted by Crippen LogP contribution is -2.52. The average Bonchev–Trinajstić information content (AvgIpc) is 3.51. The van der Waals surface area contributed by atoms with Gasteiger partial charge in [0.1, 0.15) is 6.10 Å². The van der Waals surface area contributed by atoms with Crippen molar-refractivity contribution in [1.82, 2.24) is 23.6 Å². The van der Waals surface area contributed by atoms with Gasteiger partial charge in [0.2, 0.25) is 5.95 Å². The summed E-state index contributed by atoms with van der Waals surface area (Å²) >= 11 is 0. The third-order valence-electron chi connectivity index (χ3n) is 6.87. The van der Waals surface area contributed by atoms with Gasteiger partial charge in [0.05, 0.1) is 6.54 Å². The van der Waals surface area contributed by atoms with Crippen LogP contribution >= 0.6 is 0 Å². The summed E-state index contributed by atoms with van der Waals surface area (Å²) in [5.74, 6) is 0.694. The standard InChI is InChI=1S/C24H30N6O4/c1-16-6-8-17(9-7-16)15-30-19-20(26(2)24(33)27(3)22(19)32)25-23(30)29-12-10-28(11-13-29)21(31)18-5-4-14-34-18/h6-9,18H,4-5,10-15H2,1-3H3. The monoisotopic (exact) mass is 466 g/mol. The molecule has 0 saturated carbocycles. The van der Waals surface area contributed by atoms with Gasteiger partial charge in [-0.25, -0.2) is 4.79 Å². The van der Waals surface area contributed by atoms with Crippen LogP contribution in [0.4, 0.5) is 5.95 Å². The predicted octanol–water partition coefficient (Wildman–Crippen LogP) is 0.618. The second-order valence-electron chi connectivity index (χ2n) is 9.18. The quantitative estimate of drug-likeness (QED) is 0.560. The van der Waals surface area contributed by atoms with Gasteiger partial charge in [-0.15, -0.1) is 0 Å². The van der Waals surface area contributed by atoms with E-state index in [1.165, 1.54) is 11.6 Å². The molecule has 0 radical (unpaired) electrons. The number of aromatic nitrogens is 4. The minimum Gasteiger partial charge on any atom is -0.368 e. The molecule has 2 aliphatic heterocycles. The van der Waals surface area contributed by atoms with Crippen LogP contribution in [0.3, 0.4) is 0 Å². The van der Waals surface area contributed by atoms with Crippen molar-refractivity contribution in [3.63, 3.8) is 0 Å². The Bertz CT molecular complexity index is 1340. The number of nitrogens with zero attached hydrogens (tertiary/aromatic N) is 6. The third-order valence-corrected chi connectivity index (χ3v) is 6.87. The average molecular weight is 467 g/mol. The molecule has 1 amide bonds. The lowest BCUT2D eigenvalue weighted by Gasteiger charge is -2.36. The van der Waals surface area contributed by atoms with E-state index < -0.39 is 5.69 Å². The Hall–Kier alpha value is -3.40. The first-order valence-corrected chi connectivity index (χ1v) is 11.7. The molecule has 10 heteroatoms. The molecule has 2 fully saturated rings. The lowest BCUT2D eigenvalue weighted by atomic mass is 10.1. The second kappa shape index (κ2) is 8.75. The van der Waals surface area contributed by atoms with Gasteiger partial charge in [-0.1, -0.05) is 29.8 Å². The van der Waals surface area contributed by atoms with Crippen LogP contribution in [0.5, 0.6) is 0 Å². The Balaban J connectivity index is 1.51. The van der Waals surface area contributed by atoms with Crippen molar-refractivity contribution >= 4 is 23.0 Å². The molecule has 1 unspecified atom stereocenters. The van der Waals surface area contributed by atoms with E-state index in [0.717, 1.165) is 28.5 Å². The molecule has 0 aliphatic carbocycles. The molecule has 0 N–H and O–H groups in total. The van der Waals surface area contributed by atoms with Gasteiger partial charge >= 0.3 is 5.69 Å². The largest absolute Gasteiger partial charge is 0.368 e. The molecule has 5 rings (SSSR count). The highest BCUT2D eigenvalue weighted by Crippen LogP contribution is 2.24. The Morgan fingerprint density at radius 1 is 1.06 bits per heavy atom. The van der Waals surface area contributed by atoms with Crippen molar-refractivity contribution in [3.8, 4) is 0 Å². The maximum absolute atomic E-state index is 13.2. The van der Waals surface area contributed by atoms with Gasteiger partial charge in [0, 0.05) is 46.9 Å².